The number of carbonyl (C=O) groups excluding carboxylic acids is 2. The van der Waals surface area contributed by atoms with Gasteiger partial charge in [-0.3, -0.25) is 4.79 Å². The van der Waals surface area contributed by atoms with E-state index in [-0.39, 0.29) is 12.5 Å². The molecule has 15 heavy (non-hydrogen) atoms. The largest absolute Gasteiger partial charge is 0.467 e. The molecule has 0 rings (SSSR count). The Morgan fingerprint density at radius 1 is 1.47 bits per heavy atom. The Bertz CT molecular complexity index is 230. The molecule has 6 heteroatoms. The smallest absolute Gasteiger partial charge is 0.336 e. The van der Waals surface area contributed by atoms with Crippen molar-refractivity contribution in [1.82, 2.24) is 5.32 Å². The summed E-state index contributed by atoms with van der Waals surface area (Å²) in [6.45, 7) is 3.42. The van der Waals surface area contributed by atoms with Gasteiger partial charge in [0.1, 0.15) is 0 Å². The number of ether oxygens (including phenoxy) is 1. The second-order valence-electron chi connectivity index (χ2n) is 3.55. The summed E-state index contributed by atoms with van der Waals surface area (Å²) in [6, 6.07) is -0.644. The number of esters is 1. The second-order valence-corrected chi connectivity index (χ2v) is 3.55. The molecular formula is C9H18N2O4. The van der Waals surface area contributed by atoms with Gasteiger partial charge in [0.05, 0.1) is 19.7 Å². The Labute approximate surface area is 88.8 Å². The molecule has 1 unspecified atom stereocenters. The van der Waals surface area contributed by atoms with Crippen LogP contribution >= 0.6 is 0 Å². The number of carbonyl (C=O) groups is 2. The van der Waals surface area contributed by atoms with E-state index in [9.17, 15) is 9.59 Å². The summed E-state index contributed by atoms with van der Waals surface area (Å²) in [5.74, 6) is -1.18. The maximum absolute atomic E-state index is 11.3. The molecule has 0 aromatic heterocycles. The van der Waals surface area contributed by atoms with Crippen molar-refractivity contribution < 1.29 is 19.4 Å². The lowest BCUT2D eigenvalue weighted by Gasteiger charge is -2.16. The fraction of sp³-hybridized carbons (Fsp3) is 0.778. The van der Waals surface area contributed by atoms with Crippen molar-refractivity contribution in [3.05, 3.63) is 0 Å². The Morgan fingerprint density at radius 2 is 2.00 bits per heavy atom. The lowest BCUT2D eigenvalue weighted by atomic mass is 10.1. The second kappa shape index (κ2) is 6.36. The molecule has 88 valence electrons. The van der Waals surface area contributed by atoms with Crippen molar-refractivity contribution in [3.63, 3.8) is 0 Å². The number of nitrogens with one attached hydrogen (secondary N) is 1. The number of nitrogens with two attached hydrogens (primary N) is 1. The normalized spacial score (nSPS) is 14.5. The first kappa shape index (κ1) is 13.9. The quantitative estimate of drug-likeness (QED) is 0.494. The van der Waals surface area contributed by atoms with Gasteiger partial charge in [0.25, 0.3) is 0 Å². The van der Waals surface area contributed by atoms with Crippen molar-refractivity contribution >= 4 is 11.9 Å². The Morgan fingerprint density at radius 3 is 2.40 bits per heavy atom. The zero-order valence-corrected chi connectivity index (χ0v) is 9.19. The highest BCUT2D eigenvalue weighted by molar-refractivity contribution is 5.82. The van der Waals surface area contributed by atoms with E-state index in [1.807, 2.05) is 0 Å². The van der Waals surface area contributed by atoms with Crippen molar-refractivity contribution in [1.29, 1.82) is 0 Å². The highest BCUT2D eigenvalue weighted by Crippen LogP contribution is 1.97. The summed E-state index contributed by atoms with van der Waals surface area (Å²) in [4.78, 5) is 22.1. The molecule has 0 saturated heterocycles. The number of amides is 1. The van der Waals surface area contributed by atoms with Crippen LogP contribution in [0.15, 0.2) is 0 Å². The molecular weight excluding hydrogens is 200 g/mol. The summed E-state index contributed by atoms with van der Waals surface area (Å²) in [7, 11) is 1.16. The zero-order chi connectivity index (χ0) is 12.0. The van der Waals surface area contributed by atoms with E-state index in [0.717, 1.165) is 7.11 Å². The van der Waals surface area contributed by atoms with Gasteiger partial charge in [-0.15, -0.1) is 0 Å². The van der Waals surface area contributed by atoms with E-state index in [0.29, 0.717) is 0 Å². The van der Waals surface area contributed by atoms with Crippen molar-refractivity contribution in [3.8, 4) is 0 Å². The van der Waals surface area contributed by atoms with Crippen LogP contribution in [0.5, 0.6) is 0 Å². The maximum atomic E-state index is 11.3. The fourth-order valence-electron chi connectivity index (χ4n) is 0.837. The van der Waals surface area contributed by atoms with Crippen LogP contribution in [0.3, 0.4) is 0 Å². The molecule has 0 bridgehead atoms. The van der Waals surface area contributed by atoms with Gasteiger partial charge < -0.3 is 20.9 Å². The summed E-state index contributed by atoms with van der Waals surface area (Å²) < 4.78 is 4.28. The lowest BCUT2D eigenvalue weighted by Crippen LogP contribution is -2.47. The molecule has 0 aliphatic heterocycles. The van der Waals surface area contributed by atoms with E-state index < -0.39 is 24.0 Å². The SMILES string of the molecule is COC(=O)C(O)CNC(=O)[C@@H](N)C(C)C. The van der Waals surface area contributed by atoms with E-state index in [2.05, 4.69) is 10.1 Å². The van der Waals surface area contributed by atoms with Crippen molar-refractivity contribution in [2.24, 2.45) is 11.7 Å². The van der Waals surface area contributed by atoms with Crippen LogP contribution in [0.25, 0.3) is 0 Å². The van der Waals surface area contributed by atoms with Gasteiger partial charge in [-0.1, -0.05) is 13.8 Å². The number of hydrogen-bond donors (Lipinski definition) is 3. The number of aliphatic hydroxyl groups excluding tert-OH is 1. The molecule has 0 radical (unpaired) electrons. The van der Waals surface area contributed by atoms with Gasteiger partial charge in [-0.25, -0.2) is 4.79 Å². The first-order valence-corrected chi connectivity index (χ1v) is 4.69. The third-order valence-corrected chi connectivity index (χ3v) is 1.96. The number of rotatable bonds is 5. The van der Waals surface area contributed by atoms with Gasteiger partial charge in [0.2, 0.25) is 5.91 Å². The molecule has 0 heterocycles. The average molecular weight is 218 g/mol. The predicted molar refractivity (Wildman–Crippen MR) is 53.8 cm³/mol. The molecule has 0 aliphatic rings. The molecule has 1 amide bonds. The highest BCUT2D eigenvalue weighted by Gasteiger charge is 2.20. The molecule has 0 saturated carbocycles. The van der Waals surface area contributed by atoms with Crippen LogP contribution in [0.4, 0.5) is 0 Å². The standard InChI is InChI=1S/C9H18N2O4/c1-5(2)7(10)8(13)11-4-6(12)9(14)15-3/h5-7,12H,4,10H2,1-3H3,(H,11,13)/t6?,7-/m0/s1. The van der Waals surface area contributed by atoms with Gasteiger partial charge in [0.15, 0.2) is 6.10 Å². The minimum atomic E-state index is -1.35. The molecule has 6 nitrogen and oxygen atoms in total. The number of hydrogen-bond acceptors (Lipinski definition) is 5. The van der Waals surface area contributed by atoms with Gasteiger partial charge >= 0.3 is 5.97 Å². The minimum absolute atomic E-state index is 0.000250. The van der Waals surface area contributed by atoms with Gasteiger partial charge in [-0.05, 0) is 5.92 Å². The predicted octanol–water partition coefficient (Wildman–Crippen LogP) is -1.38. The Hall–Kier alpha value is -1.14. The van der Waals surface area contributed by atoms with E-state index in [1.165, 1.54) is 0 Å². The van der Waals surface area contributed by atoms with Crippen molar-refractivity contribution in [2.75, 3.05) is 13.7 Å². The van der Waals surface area contributed by atoms with Gasteiger partial charge in [0, 0.05) is 0 Å². The highest BCUT2D eigenvalue weighted by atomic mass is 16.5. The molecule has 0 spiro atoms. The first-order chi connectivity index (χ1) is 6.90. The minimum Gasteiger partial charge on any atom is -0.467 e. The van der Waals surface area contributed by atoms with E-state index in [4.69, 9.17) is 10.8 Å². The monoisotopic (exact) mass is 218 g/mol. The molecule has 4 N–H and O–H groups in total. The molecule has 0 aromatic carbocycles. The summed E-state index contributed by atoms with van der Waals surface area (Å²) in [6.07, 6.45) is -1.35. The fourth-order valence-corrected chi connectivity index (χ4v) is 0.837. The van der Waals surface area contributed by atoms with E-state index >= 15 is 0 Å². The summed E-state index contributed by atoms with van der Waals surface area (Å²) in [5, 5.41) is 11.5. The molecule has 0 aliphatic carbocycles. The van der Waals surface area contributed by atoms with Crippen LogP contribution in [-0.4, -0.2) is 42.8 Å². The van der Waals surface area contributed by atoms with Crippen LogP contribution in [-0.2, 0) is 14.3 Å². The maximum Gasteiger partial charge on any atom is 0.336 e. The Kier molecular flexibility index (Phi) is 5.88. The van der Waals surface area contributed by atoms with Crippen LogP contribution in [0, 0.1) is 5.92 Å². The van der Waals surface area contributed by atoms with Gasteiger partial charge in [-0.2, -0.15) is 0 Å². The topological polar surface area (TPSA) is 102 Å². The van der Waals surface area contributed by atoms with Crippen LogP contribution < -0.4 is 11.1 Å². The molecule has 2 atom stereocenters. The number of aliphatic hydroxyl groups is 1. The van der Waals surface area contributed by atoms with E-state index in [1.54, 1.807) is 13.8 Å². The number of methoxy groups -OCH3 is 1. The van der Waals surface area contributed by atoms with Crippen molar-refractivity contribution in [2.45, 2.75) is 26.0 Å². The van der Waals surface area contributed by atoms with Crippen LogP contribution in [0.1, 0.15) is 13.8 Å². The summed E-state index contributed by atoms with van der Waals surface area (Å²) in [5.41, 5.74) is 5.54. The average Bonchev–Trinajstić information content (AvgIpc) is 2.22. The third-order valence-electron chi connectivity index (χ3n) is 1.96. The molecule has 0 aromatic rings. The first-order valence-electron chi connectivity index (χ1n) is 4.69. The third kappa shape index (κ3) is 4.75. The Balaban J connectivity index is 3.95. The summed E-state index contributed by atoms with van der Waals surface area (Å²) >= 11 is 0. The van der Waals surface area contributed by atoms with Crippen LogP contribution in [0.2, 0.25) is 0 Å². The lowest BCUT2D eigenvalue weighted by molar-refractivity contribution is -0.150. The molecule has 0 fully saturated rings. The zero-order valence-electron chi connectivity index (χ0n) is 9.19.